The summed E-state index contributed by atoms with van der Waals surface area (Å²) in [6, 6.07) is 24.8. The van der Waals surface area contributed by atoms with Gasteiger partial charge in [-0.2, -0.15) is 5.10 Å². The highest BCUT2D eigenvalue weighted by molar-refractivity contribution is 5.94. The van der Waals surface area contributed by atoms with Crippen molar-refractivity contribution in [1.29, 1.82) is 0 Å². The highest BCUT2D eigenvalue weighted by Crippen LogP contribution is 2.38. The lowest BCUT2D eigenvalue weighted by molar-refractivity contribution is 0.0734. The minimum Gasteiger partial charge on any atom is -0.497 e. The first-order chi connectivity index (χ1) is 18.1. The zero-order valence-corrected chi connectivity index (χ0v) is 21.4. The Morgan fingerprint density at radius 1 is 0.946 bits per heavy atom. The summed E-state index contributed by atoms with van der Waals surface area (Å²) in [6.45, 7) is 1.03. The molecule has 0 N–H and O–H groups in total. The SMILES string of the molecule is COc1cccc(C(=O)N(Cc2c(-c3ccccc3)nn(C)c2Oc2ccccc2OC)CC2CC2)c1. The van der Waals surface area contributed by atoms with Gasteiger partial charge in [0.2, 0.25) is 5.88 Å². The smallest absolute Gasteiger partial charge is 0.254 e. The van der Waals surface area contributed by atoms with Crippen LogP contribution in [0.5, 0.6) is 23.1 Å². The van der Waals surface area contributed by atoms with Crippen LogP contribution >= 0.6 is 0 Å². The van der Waals surface area contributed by atoms with E-state index in [0.29, 0.717) is 47.7 Å². The highest BCUT2D eigenvalue weighted by Gasteiger charge is 2.30. The van der Waals surface area contributed by atoms with E-state index in [4.69, 9.17) is 19.3 Å². The fourth-order valence-corrected chi connectivity index (χ4v) is 4.42. The van der Waals surface area contributed by atoms with Gasteiger partial charge in [0.25, 0.3) is 5.91 Å². The molecule has 7 heteroatoms. The van der Waals surface area contributed by atoms with Crippen molar-refractivity contribution in [2.24, 2.45) is 13.0 Å². The quantitative estimate of drug-likeness (QED) is 0.271. The minimum absolute atomic E-state index is 0.0445. The molecule has 5 rings (SSSR count). The van der Waals surface area contributed by atoms with Crippen molar-refractivity contribution in [2.45, 2.75) is 19.4 Å². The number of aromatic nitrogens is 2. The molecule has 1 heterocycles. The third-order valence-electron chi connectivity index (χ3n) is 6.54. The average molecular weight is 498 g/mol. The van der Waals surface area contributed by atoms with Crippen LogP contribution in [0.1, 0.15) is 28.8 Å². The van der Waals surface area contributed by atoms with E-state index >= 15 is 0 Å². The lowest BCUT2D eigenvalue weighted by Gasteiger charge is -2.24. The molecule has 1 aliphatic rings. The normalized spacial score (nSPS) is 12.7. The summed E-state index contributed by atoms with van der Waals surface area (Å²) in [7, 11) is 5.08. The second-order valence-corrected chi connectivity index (χ2v) is 9.24. The third-order valence-corrected chi connectivity index (χ3v) is 6.54. The summed E-state index contributed by atoms with van der Waals surface area (Å²) >= 11 is 0. The molecule has 190 valence electrons. The van der Waals surface area contributed by atoms with Gasteiger partial charge in [0.1, 0.15) is 11.4 Å². The number of benzene rings is 3. The van der Waals surface area contributed by atoms with Gasteiger partial charge in [-0.05, 0) is 49.1 Å². The number of carbonyl (C=O) groups excluding carboxylic acids is 1. The Labute approximate surface area is 217 Å². The second-order valence-electron chi connectivity index (χ2n) is 9.24. The summed E-state index contributed by atoms with van der Waals surface area (Å²) in [4.78, 5) is 15.7. The molecule has 7 nitrogen and oxygen atoms in total. The van der Waals surface area contributed by atoms with Crippen LogP contribution in [-0.2, 0) is 13.6 Å². The third kappa shape index (κ3) is 5.45. The predicted octanol–water partition coefficient (Wildman–Crippen LogP) is 5.95. The summed E-state index contributed by atoms with van der Waals surface area (Å²) in [5, 5.41) is 4.83. The number of aryl methyl sites for hydroxylation is 1. The molecule has 0 saturated heterocycles. The Balaban J connectivity index is 1.57. The zero-order chi connectivity index (χ0) is 25.8. The van der Waals surface area contributed by atoms with Crippen LogP contribution in [0.2, 0.25) is 0 Å². The van der Waals surface area contributed by atoms with Crippen molar-refractivity contribution < 1.29 is 19.0 Å². The highest BCUT2D eigenvalue weighted by atomic mass is 16.5. The number of para-hydroxylation sites is 2. The first kappa shape index (κ1) is 24.4. The molecular weight excluding hydrogens is 466 g/mol. The maximum atomic E-state index is 13.8. The molecular formula is C30H31N3O4. The number of rotatable bonds is 10. The fourth-order valence-electron chi connectivity index (χ4n) is 4.42. The van der Waals surface area contributed by atoms with Gasteiger partial charge in [0, 0.05) is 24.7 Å². The second kappa shape index (κ2) is 10.8. The van der Waals surface area contributed by atoms with E-state index in [1.54, 1.807) is 25.0 Å². The van der Waals surface area contributed by atoms with E-state index in [9.17, 15) is 4.79 Å². The fraction of sp³-hybridized carbons (Fsp3) is 0.267. The van der Waals surface area contributed by atoms with Gasteiger partial charge in [0.15, 0.2) is 11.5 Å². The van der Waals surface area contributed by atoms with Crippen LogP contribution in [0.3, 0.4) is 0 Å². The topological polar surface area (TPSA) is 65.8 Å². The molecule has 0 spiro atoms. The van der Waals surface area contributed by atoms with Crippen LogP contribution in [0.15, 0.2) is 78.9 Å². The van der Waals surface area contributed by atoms with Gasteiger partial charge in [-0.3, -0.25) is 4.79 Å². The molecule has 1 fully saturated rings. The molecule has 4 aromatic rings. The molecule has 37 heavy (non-hydrogen) atoms. The number of hydrogen-bond acceptors (Lipinski definition) is 5. The zero-order valence-electron chi connectivity index (χ0n) is 21.4. The molecule has 0 bridgehead atoms. The molecule has 1 amide bonds. The van der Waals surface area contributed by atoms with Crippen LogP contribution < -0.4 is 14.2 Å². The van der Waals surface area contributed by atoms with Crippen molar-refractivity contribution >= 4 is 5.91 Å². The van der Waals surface area contributed by atoms with Crippen molar-refractivity contribution in [1.82, 2.24) is 14.7 Å². The molecule has 3 aromatic carbocycles. The Kier molecular flexibility index (Phi) is 7.12. The van der Waals surface area contributed by atoms with Gasteiger partial charge < -0.3 is 19.1 Å². The van der Waals surface area contributed by atoms with E-state index in [2.05, 4.69) is 0 Å². The van der Waals surface area contributed by atoms with E-state index in [0.717, 1.165) is 29.7 Å². The largest absolute Gasteiger partial charge is 0.497 e. The Morgan fingerprint density at radius 2 is 1.68 bits per heavy atom. The van der Waals surface area contributed by atoms with E-state index in [-0.39, 0.29) is 5.91 Å². The van der Waals surface area contributed by atoms with Crippen molar-refractivity contribution in [3.8, 4) is 34.4 Å². The average Bonchev–Trinajstić information content (AvgIpc) is 3.72. The number of methoxy groups -OCH3 is 2. The van der Waals surface area contributed by atoms with Crippen molar-refractivity contribution in [3.63, 3.8) is 0 Å². The van der Waals surface area contributed by atoms with E-state index in [1.807, 2.05) is 84.7 Å². The molecule has 0 unspecified atom stereocenters. The number of carbonyl (C=O) groups is 1. The summed E-state index contributed by atoms with van der Waals surface area (Å²) in [5.74, 6) is 2.90. The number of hydrogen-bond donors (Lipinski definition) is 0. The Morgan fingerprint density at radius 3 is 2.38 bits per heavy atom. The Hall–Kier alpha value is -4.26. The Bertz CT molecular complexity index is 1380. The summed E-state index contributed by atoms with van der Waals surface area (Å²) < 4.78 is 19.0. The lowest BCUT2D eigenvalue weighted by atomic mass is 10.1. The van der Waals surface area contributed by atoms with Crippen molar-refractivity contribution in [3.05, 3.63) is 90.0 Å². The molecule has 1 aromatic heterocycles. The van der Waals surface area contributed by atoms with E-state index in [1.165, 1.54) is 0 Å². The lowest BCUT2D eigenvalue weighted by Crippen LogP contribution is -2.32. The van der Waals surface area contributed by atoms with E-state index < -0.39 is 0 Å². The molecule has 1 aliphatic carbocycles. The standard InChI is InChI=1S/C30H31N3O4/c1-32-30(37-27-15-8-7-14-26(27)36-3)25(28(31-32)22-10-5-4-6-11-22)20-33(19-21-16-17-21)29(34)23-12-9-13-24(18-23)35-2/h4-15,18,21H,16-17,19-20H2,1-3H3. The van der Waals surface area contributed by atoms with Crippen LogP contribution in [0.25, 0.3) is 11.3 Å². The van der Waals surface area contributed by atoms with Gasteiger partial charge in [0.05, 0.1) is 26.3 Å². The molecule has 1 saturated carbocycles. The maximum Gasteiger partial charge on any atom is 0.254 e. The van der Waals surface area contributed by atoms with Crippen LogP contribution in [-0.4, -0.2) is 41.4 Å². The van der Waals surface area contributed by atoms with Crippen molar-refractivity contribution in [2.75, 3.05) is 20.8 Å². The van der Waals surface area contributed by atoms with Crippen LogP contribution in [0.4, 0.5) is 0 Å². The van der Waals surface area contributed by atoms with Gasteiger partial charge in [-0.25, -0.2) is 4.68 Å². The molecule has 0 radical (unpaired) electrons. The summed E-state index contributed by atoms with van der Waals surface area (Å²) in [6.07, 6.45) is 2.26. The monoisotopic (exact) mass is 497 g/mol. The van der Waals surface area contributed by atoms with Gasteiger partial charge in [-0.15, -0.1) is 0 Å². The summed E-state index contributed by atoms with van der Waals surface area (Å²) in [5.41, 5.74) is 3.18. The number of ether oxygens (including phenoxy) is 3. The maximum absolute atomic E-state index is 13.8. The van der Waals surface area contributed by atoms with Gasteiger partial charge >= 0.3 is 0 Å². The van der Waals surface area contributed by atoms with Crippen LogP contribution in [0, 0.1) is 5.92 Å². The minimum atomic E-state index is -0.0445. The molecule has 0 aliphatic heterocycles. The predicted molar refractivity (Wildman–Crippen MR) is 142 cm³/mol. The first-order valence-electron chi connectivity index (χ1n) is 12.4. The van der Waals surface area contributed by atoms with Gasteiger partial charge in [-0.1, -0.05) is 48.5 Å². The number of nitrogens with zero attached hydrogens (tertiary/aromatic N) is 3. The molecule has 0 atom stereocenters. The first-order valence-corrected chi connectivity index (χ1v) is 12.4. The number of amides is 1.